The Hall–Kier alpha value is -2.33. The van der Waals surface area contributed by atoms with Crippen LogP contribution in [0.5, 0.6) is 5.75 Å². The first kappa shape index (κ1) is 13.1. The van der Waals surface area contributed by atoms with Crippen LogP contribution in [0, 0.1) is 0 Å². The van der Waals surface area contributed by atoms with Gasteiger partial charge in [0, 0.05) is 6.54 Å². The highest BCUT2D eigenvalue weighted by Crippen LogP contribution is 2.19. The third-order valence-corrected chi connectivity index (χ3v) is 2.77. The van der Waals surface area contributed by atoms with Gasteiger partial charge in [-0.15, -0.1) is 0 Å². The highest BCUT2D eigenvalue weighted by atomic mass is 16.5. The van der Waals surface area contributed by atoms with Gasteiger partial charge in [0.1, 0.15) is 12.4 Å². The summed E-state index contributed by atoms with van der Waals surface area (Å²) in [7, 11) is 0. The number of nitrogens with two attached hydrogens (primary N) is 2. The lowest BCUT2D eigenvalue weighted by Crippen LogP contribution is -2.13. The lowest BCUT2D eigenvalue weighted by Gasteiger charge is -2.10. The maximum atomic E-state index is 11.3. The molecule has 4 heteroatoms. The molecule has 0 fully saturated rings. The van der Waals surface area contributed by atoms with Crippen molar-refractivity contribution in [2.45, 2.75) is 13.2 Å². The van der Waals surface area contributed by atoms with E-state index in [-0.39, 0.29) is 0 Å². The summed E-state index contributed by atoms with van der Waals surface area (Å²) in [5.74, 6) is -0.000500. The SMILES string of the molecule is NCc1cccc(COc2ccccc2C(N)=O)c1. The van der Waals surface area contributed by atoms with E-state index in [1.807, 2.05) is 24.3 Å². The summed E-state index contributed by atoms with van der Waals surface area (Å²) < 4.78 is 5.64. The molecule has 0 saturated carbocycles. The van der Waals surface area contributed by atoms with Crippen molar-refractivity contribution < 1.29 is 9.53 Å². The van der Waals surface area contributed by atoms with Crippen molar-refractivity contribution in [3.63, 3.8) is 0 Å². The standard InChI is InChI=1S/C15H16N2O2/c16-9-11-4-3-5-12(8-11)10-19-14-7-2-1-6-13(14)15(17)18/h1-8H,9-10,16H2,(H2,17,18). The van der Waals surface area contributed by atoms with Crippen molar-refractivity contribution in [1.82, 2.24) is 0 Å². The van der Waals surface area contributed by atoms with Crippen LogP contribution in [0.3, 0.4) is 0 Å². The lowest BCUT2D eigenvalue weighted by atomic mass is 10.1. The average Bonchev–Trinajstić information content (AvgIpc) is 2.45. The fourth-order valence-corrected chi connectivity index (χ4v) is 1.80. The maximum absolute atomic E-state index is 11.3. The second-order valence-electron chi connectivity index (χ2n) is 4.17. The molecule has 0 aliphatic rings. The molecule has 0 atom stereocenters. The largest absolute Gasteiger partial charge is 0.488 e. The van der Waals surface area contributed by atoms with Gasteiger partial charge in [0.05, 0.1) is 5.56 Å². The van der Waals surface area contributed by atoms with E-state index in [1.165, 1.54) is 0 Å². The molecule has 0 spiro atoms. The lowest BCUT2D eigenvalue weighted by molar-refractivity contribution is 0.0996. The number of hydrogen-bond acceptors (Lipinski definition) is 3. The number of primary amides is 1. The van der Waals surface area contributed by atoms with Crippen LogP contribution in [-0.4, -0.2) is 5.91 Å². The highest BCUT2D eigenvalue weighted by molar-refractivity contribution is 5.95. The van der Waals surface area contributed by atoms with E-state index in [0.29, 0.717) is 24.5 Å². The number of carbonyl (C=O) groups is 1. The zero-order chi connectivity index (χ0) is 13.7. The van der Waals surface area contributed by atoms with Gasteiger partial charge in [0.25, 0.3) is 5.91 Å². The third kappa shape index (κ3) is 3.33. The minimum Gasteiger partial charge on any atom is -0.488 e. The van der Waals surface area contributed by atoms with Crippen molar-refractivity contribution in [1.29, 1.82) is 0 Å². The first-order valence-corrected chi connectivity index (χ1v) is 6.00. The number of ether oxygens (including phenoxy) is 1. The van der Waals surface area contributed by atoms with Gasteiger partial charge in [-0.1, -0.05) is 36.4 Å². The summed E-state index contributed by atoms with van der Waals surface area (Å²) in [4.78, 5) is 11.3. The van der Waals surface area contributed by atoms with E-state index < -0.39 is 5.91 Å². The molecule has 0 heterocycles. The Morgan fingerprint density at radius 2 is 1.79 bits per heavy atom. The van der Waals surface area contributed by atoms with E-state index in [4.69, 9.17) is 16.2 Å². The Kier molecular flexibility index (Phi) is 4.15. The molecular weight excluding hydrogens is 240 g/mol. The topological polar surface area (TPSA) is 78.3 Å². The van der Waals surface area contributed by atoms with E-state index in [9.17, 15) is 4.79 Å². The molecule has 4 N–H and O–H groups in total. The minimum atomic E-state index is -0.494. The molecule has 0 bridgehead atoms. The predicted octanol–water partition coefficient (Wildman–Crippen LogP) is 1.82. The zero-order valence-electron chi connectivity index (χ0n) is 10.5. The fraction of sp³-hybridized carbons (Fsp3) is 0.133. The Balaban J connectivity index is 2.12. The van der Waals surface area contributed by atoms with E-state index >= 15 is 0 Å². The van der Waals surface area contributed by atoms with Crippen LogP contribution in [-0.2, 0) is 13.2 Å². The zero-order valence-corrected chi connectivity index (χ0v) is 10.5. The van der Waals surface area contributed by atoms with E-state index in [2.05, 4.69) is 0 Å². The first-order valence-electron chi connectivity index (χ1n) is 6.00. The molecule has 0 saturated heterocycles. The fourth-order valence-electron chi connectivity index (χ4n) is 1.80. The molecule has 0 aliphatic carbocycles. The number of benzene rings is 2. The van der Waals surface area contributed by atoms with Crippen molar-refractivity contribution in [3.8, 4) is 5.75 Å². The van der Waals surface area contributed by atoms with Crippen molar-refractivity contribution in [3.05, 3.63) is 65.2 Å². The Morgan fingerprint density at radius 3 is 2.53 bits per heavy atom. The van der Waals surface area contributed by atoms with Crippen LogP contribution in [0.1, 0.15) is 21.5 Å². The molecule has 4 nitrogen and oxygen atoms in total. The quantitative estimate of drug-likeness (QED) is 0.856. The molecule has 2 aromatic carbocycles. The van der Waals surface area contributed by atoms with E-state index in [0.717, 1.165) is 11.1 Å². The number of rotatable bonds is 5. The van der Waals surface area contributed by atoms with Gasteiger partial charge in [-0.2, -0.15) is 0 Å². The number of carbonyl (C=O) groups excluding carboxylic acids is 1. The van der Waals surface area contributed by atoms with Gasteiger partial charge in [-0.25, -0.2) is 0 Å². The predicted molar refractivity (Wildman–Crippen MR) is 73.6 cm³/mol. The van der Waals surface area contributed by atoms with Crippen molar-refractivity contribution in [2.24, 2.45) is 11.5 Å². The number of para-hydroxylation sites is 1. The summed E-state index contributed by atoms with van der Waals surface area (Å²) in [6, 6.07) is 14.8. The van der Waals surface area contributed by atoms with Crippen LogP contribution in [0.4, 0.5) is 0 Å². The second kappa shape index (κ2) is 6.02. The smallest absolute Gasteiger partial charge is 0.252 e. The molecule has 2 rings (SSSR count). The summed E-state index contributed by atoms with van der Waals surface area (Å²) >= 11 is 0. The van der Waals surface area contributed by atoms with Gasteiger partial charge in [-0.3, -0.25) is 4.79 Å². The van der Waals surface area contributed by atoms with Gasteiger partial charge in [0.2, 0.25) is 0 Å². The molecule has 0 aromatic heterocycles. The van der Waals surface area contributed by atoms with Crippen molar-refractivity contribution >= 4 is 5.91 Å². The number of amides is 1. The van der Waals surface area contributed by atoms with Gasteiger partial charge < -0.3 is 16.2 Å². The Bertz CT molecular complexity index is 582. The number of hydrogen-bond donors (Lipinski definition) is 2. The van der Waals surface area contributed by atoms with Crippen LogP contribution in [0.15, 0.2) is 48.5 Å². The molecule has 0 unspecified atom stereocenters. The van der Waals surface area contributed by atoms with Gasteiger partial charge in [-0.05, 0) is 23.3 Å². The van der Waals surface area contributed by atoms with E-state index in [1.54, 1.807) is 24.3 Å². The van der Waals surface area contributed by atoms with Gasteiger partial charge >= 0.3 is 0 Å². The maximum Gasteiger partial charge on any atom is 0.252 e. The normalized spacial score (nSPS) is 10.2. The van der Waals surface area contributed by atoms with Crippen LogP contribution < -0.4 is 16.2 Å². The Morgan fingerprint density at radius 1 is 1.05 bits per heavy atom. The highest BCUT2D eigenvalue weighted by Gasteiger charge is 2.08. The van der Waals surface area contributed by atoms with Crippen LogP contribution in [0.25, 0.3) is 0 Å². The van der Waals surface area contributed by atoms with Crippen molar-refractivity contribution in [2.75, 3.05) is 0 Å². The first-order chi connectivity index (χ1) is 9.20. The van der Waals surface area contributed by atoms with Gasteiger partial charge in [0.15, 0.2) is 0 Å². The summed E-state index contributed by atoms with van der Waals surface area (Å²) in [5, 5.41) is 0. The molecule has 98 valence electrons. The molecular formula is C15H16N2O2. The van der Waals surface area contributed by atoms with Crippen LogP contribution in [0.2, 0.25) is 0 Å². The van der Waals surface area contributed by atoms with Crippen LogP contribution >= 0.6 is 0 Å². The Labute approximate surface area is 112 Å². The minimum absolute atomic E-state index is 0.373. The molecule has 1 amide bonds. The second-order valence-corrected chi connectivity index (χ2v) is 4.17. The summed E-state index contributed by atoms with van der Waals surface area (Å²) in [5.41, 5.74) is 13.3. The average molecular weight is 256 g/mol. The molecule has 0 aliphatic heterocycles. The summed E-state index contributed by atoms with van der Waals surface area (Å²) in [6.45, 7) is 0.865. The monoisotopic (exact) mass is 256 g/mol. The molecule has 0 radical (unpaired) electrons. The molecule has 19 heavy (non-hydrogen) atoms. The molecule has 2 aromatic rings. The third-order valence-electron chi connectivity index (χ3n) is 2.77. The summed E-state index contributed by atoms with van der Waals surface area (Å²) in [6.07, 6.45) is 0.